The van der Waals surface area contributed by atoms with E-state index in [1.807, 2.05) is 31.1 Å². The lowest BCUT2D eigenvalue weighted by molar-refractivity contribution is 0.0658. The first-order valence-corrected chi connectivity index (χ1v) is 7.39. The van der Waals surface area contributed by atoms with Crippen molar-refractivity contribution in [2.24, 2.45) is 0 Å². The molecule has 2 heterocycles. The number of aromatic nitrogens is 1. The van der Waals surface area contributed by atoms with Crippen LogP contribution in [0.2, 0.25) is 0 Å². The summed E-state index contributed by atoms with van der Waals surface area (Å²) in [7, 11) is 6.16. The Hall–Kier alpha value is -1.66. The number of pyridine rings is 1. The van der Waals surface area contributed by atoms with Crippen LogP contribution in [0.25, 0.3) is 0 Å². The molecule has 6 heteroatoms. The third kappa shape index (κ3) is 4.68. The number of rotatable bonds is 5. The number of amides is 1. The lowest BCUT2D eigenvalue weighted by Gasteiger charge is -2.32. The Morgan fingerprint density at radius 3 is 2.71 bits per heavy atom. The van der Waals surface area contributed by atoms with Gasteiger partial charge in [-0.25, -0.2) is 0 Å². The zero-order chi connectivity index (χ0) is 15.2. The highest BCUT2D eigenvalue weighted by Gasteiger charge is 2.21. The van der Waals surface area contributed by atoms with Crippen LogP contribution < -0.4 is 5.32 Å². The number of piperazine rings is 1. The number of hydrogen-bond donors (Lipinski definition) is 1. The Kier molecular flexibility index (Phi) is 5.52. The maximum absolute atomic E-state index is 12.4. The molecule has 0 atom stereocenters. The monoisotopic (exact) mass is 291 g/mol. The highest BCUT2D eigenvalue weighted by atomic mass is 16.2. The summed E-state index contributed by atoms with van der Waals surface area (Å²) in [4.78, 5) is 22.9. The van der Waals surface area contributed by atoms with Gasteiger partial charge in [0.1, 0.15) is 5.69 Å². The van der Waals surface area contributed by atoms with Crippen molar-refractivity contribution in [3.05, 3.63) is 24.0 Å². The first-order valence-electron chi connectivity index (χ1n) is 7.39. The van der Waals surface area contributed by atoms with Crippen LogP contribution in [-0.4, -0.2) is 86.0 Å². The predicted octanol–water partition coefficient (Wildman–Crippen LogP) is 0.443. The average Bonchev–Trinajstić information content (AvgIpc) is 2.47. The molecule has 116 valence electrons. The second kappa shape index (κ2) is 7.38. The lowest BCUT2D eigenvalue weighted by atomic mass is 10.2. The molecule has 0 saturated carbocycles. The van der Waals surface area contributed by atoms with Crippen LogP contribution in [0.5, 0.6) is 0 Å². The Morgan fingerprint density at radius 1 is 1.33 bits per heavy atom. The van der Waals surface area contributed by atoms with Crippen LogP contribution in [0.3, 0.4) is 0 Å². The van der Waals surface area contributed by atoms with Gasteiger partial charge < -0.3 is 20.0 Å². The van der Waals surface area contributed by atoms with Crippen molar-refractivity contribution in [1.29, 1.82) is 0 Å². The van der Waals surface area contributed by atoms with Gasteiger partial charge in [-0.3, -0.25) is 9.78 Å². The van der Waals surface area contributed by atoms with Crippen LogP contribution in [-0.2, 0) is 0 Å². The fourth-order valence-electron chi connectivity index (χ4n) is 2.25. The summed E-state index contributed by atoms with van der Waals surface area (Å²) >= 11 is 0. The molecule has 0 spiro atoms. The topological polar surface area (TPSA) is 51.7 Å². The molecule has 21 heavy (non-hydrogen) atoms. The number of anilines is 1. The van der Waals surface area contributed by atoms with Crippen LogP contribution in [0.15, 0.2) is 18.3 Å². The summed E-state index contributed by atoms with van der Waals surface area (Å²) in [6.45, 7) is 5.19. The summed E-state index contributed by atoms with van der Waals surface area (Å²) in [6, 6.07) is 3.74. The Balaban J connectivity index is 1.94. The first-order chi connectivity index (χ1) is 10.1. The van der Waals surface area contributed by atoms with Gasteiger partial charge in [-0.15, -0.1) is 0 Å². The molecule has 0 aliphatic carbocycles. The van der Waals surface area contributed by atoms with Crippen molar-refractivity contribution >= 4 is 11.6 Å². The highest BCUT2D eigenvalue weighted by molar-refractivity contribution is 5.93. The lowest BCUT2D eigenvalue weighted by Crippen LogP contribution is -2.47. The number of hydrogen-bond acceptors (Lipinski definition) is 5. The number of nitrogens with one attached hydrogen (secondary N) is 1. The molecular formula is C15H25N5O. The van der Waals surface area contributed by atoms with Crippen molar-refractivity contribution in [2.45, 2.75) is 0 Å². The van der Waals surface area contributed by atoms with E-state index in [1.165, 1.54) is 0 Å². The average molecular weight is 291 g/mol. The SMILES string of the molecule is CN(C)CCNc1ccnc(C(=O)N2CCN(C)CC2)c1. The van der Waals surface area contributed by atoms with Crippen LogP contribution in [0.4, 0.5) is 5.69 Å². The van der Waals surface area contributed by atoms with E-state index in [0.717, 1.165) is 45.0 Å². The molecule has 1 aromatic heterocycles. The van der Waals surface area contributed by atoms with Crippen molar-refractivity contribution in [1.82, 2.24) is 19.7 Å². The summed E-state index contributed by atoms with van der Waals surface area (Å²) in [5.41, 5.74) is 1.47. The van der Waals surface area contributed by atoms with E-state index in [2.05, 4.69) is 27.1 Å². The third-order valence-electron chi connectivity index (χ3n) is 3.66. The summed E-state index contributed by atoms with van der Waals surface area (Å²) in [6.07, 6.45) is 1.70. The van der Waals surface area contributed by atoms with Gasteiger partial charge in [0.25, 0.3) is 5.91 Å². The van der Waals surface area contributed by atoms with Crippen molar-refractivity contribution < 1.29 is 4.79 Å². The Bertz CT molecular complexity index is 469. The van der Waals surface area contributed by atoms with E-state index < -0.39 is 0 Å². The smallest absolute Gasteiger partial charge is 0.272 e. The van der Waals surface area contributed by atoms with Crippen molar-refractivity contribution in [3.8, 4) is 0 Å². The first kappa shape index (κ1) is 15.7. The third-order valence-corrected chi connectivity index (χ3v) is 3.66. The maximum atomic E-state index is 12.4. The molecule has 0 unspecified atom stereocenters. The number of nitrogens with zero attached hydrogens (tertiary/aromatic N) is 4. The zero-order valence-corrected chi connectivity index (χ0v) is 13.2. The molecule has 1 fully saturated rings. The summed E-state index contributed by atoms with van der Waals surface area (Å²) < 4.78 is 0. The van der Waals surface area contributed by atoms with Crippen LogP contribution >= 0.6 is 0 Å². The van der Waals surface area contributed by atoms with E-state index in [4.69, 9.17) is 0 Å². The van der Waals surface area contributed by atoms with E-state index in [9.17, 15) is 4.79 Å². The molecule has 1 aliphatic heterocycles. The second-order valence-electron chi connectivity index (χ2n) is 5.76. The molecule has 0 aromatic carbocycles. The molecule has 0 bridgehead atoms. The minimum atomic E-state index is 0.0272. The van der Waals surface area contributed by atoms with E-state index in [0.29, 0.717) is 5.69 Å². The van der Waals surface area contributed by atoms with Gasteiger partial charge in [0.05, 0.1) is 0 Å². The highest BCUT2D eigenvalue weighted by Crippen LogP contribution is 2.11. The maximum Gasteiger partial charge on any atom is 0.272 e. The van der Waals surface area contributed by atoms with E-state index >= 15 is 0 Å². The summed E-state index contributed by atoms with van der Waals surface area (Å²) in [5.74, 6) is 0.0272. The van der Waals surface area contributed by atoms with Gasteiger partial charge in [0, 0.05) is 51.2 Å². The van der Waals surface area contributed by atoms with Gasteiger partial charge in [0.15, 0.2) is 0 Å². The fraction of sp³-hybridized carbons (Fsp3) is 0.600. The molecule has 1 N–H and O–H groups in total. The molecule has 6 nitrogen and oxygen atoms in total. The van der Waals surface area contributed by atoms with Crippen molar-refractivity contribution in [2.75, 3.05) is 65.7 Å². The number of likely N-dealkylation sites (N-methyl/N-ethyl adjacent to an activating group) is 2. The molecule has 1 amide bonds. The van der Waals surface area contributed by atoms with E-state index in [1.54, 1.807) is 6.20 Å². The minimum absolute atomic E-state index is 0.0272. The predicted molar refractivity (Wildman–Crippen MR) is 84.7 cm³/mol. The van der Waals surface area contributed by atoms with Gasteiger partial charge in [-0.1, -0.05) is 0 Å². The standard InChI is InChI=1S/C15H25N5O/c1-18(2)7-6-16-13-4-5-17-14(12-13)15(21)20-10-8-19(3)9-11-20/h4-5,12H,6-11H2,1-3H3,(H,16,17). The molecule has 1 aromatic rings. The molecule has 0 radical (unpaired) electrons. The van der Waals surface area contributed by atoms with Gasteiger partial charge >= 0.3 is 0 Å². The quantitative estimate of drug-likeness (QED) is 0.853. The molecular weight excluding hydrogens is 266 g/mol. The molecule has 1 aliphatic rings. The van der Waals surface area contributed by atoms with Crippen LogP contribution in [0.1, 0.15) is 10.5 Å². The fourth-order valence-corrected chi connectivity index (χ4v) is 2.25. The Labute approximate surface area is 126 Å². The van der Waals surface area contributed by atoms with Gasteiger partial charge in [0.2, 0.25) is 0 Å². The van der Waals surface area contributed by atoms with Crippen LogP contribution in [0, 0.1) is 0 Å². The normalized spacial score (nSPS) is 16.3. The van der Waals surface area contributed by atoms with E-state index in [-0.39, 0.29) is 5.91 Å². The number of carbonyl (C=O) groups excluding carboxylic acids is 1. The van der Waals surface area contributed by atoms with Gasteiger partial charge in [-0.2, -0.15) is 0 Å². The zero-order valence-electron chi connectivity index (χ0n) is 13.2. The number of carbonyl (C=O) groups is 1. The Morgan fingerprint density at radius 2 is 2.05 bits per heavy atom. The molecule has 2 rings (SSSR count). The largest absolute Gasteiger partial charge is 0.384 e. The molecule has 1 saturated heterocycles. The van der Waals surface area contributed by atoms with Gasteiger partial charge in [-0.05, 0) is 33.3 Å². The summed E-state index contributed by atoms with van der Waals surface area (Å²) in [5, 5.41) is 3.32. The minimum Gasteiger partial charge on any atom is -0.384 e. The van der Waals surface area contributed by atoms with Crippen molar-refractivity contribution in [3.63, 3.8) is 0 Å². The second-order valence-corrected chi connectivity index (χ2v) is 5.76.